The number of hydrogen-bond donors (Lipinski definition) is 1. The van der Waals surface area contributed by atoms with Crippen molar-refractivity contribution in [2.24, 2.45) is 10.4 Å². The Morgan fingerprint density at radius 1 is 1.23 bits per heavy atom. The van der Waals surface area contributed by atoms with E-state index in [0.29, 0.717) is 19.5 Å². The summed E-state index contributed by atoms with van der Waals surface area (Å²) in [5, 5.41) is 3.34. The van der Waals surface area contributed by atoms with Crippen molar-refractivity contribution in [3.63, 3.8) is 0 Å². The molecule has 2 rings (SSSR count). The number of amides is 1. The van der Waals surface area contributed by atoms with Crippen molar-refractivity contribution in [1.82, 2.24) is 15.1 Å². The van der Waals surface area contributed by atoms with E-state index in [1.807, 2.05) is 37.4 Å². The summed E-state index contributed by atoms with van der Waals surface area (Å²) < 4.78 is 0. The van der Waals surface area contributed by atoms with Crippen molar-refractivity contribution in [3.05, 3.63) is 35.9 Å². The minimum Gasteiger partial charge on any atom is -0.356 e. The Labute approximate surface area is 175 Å². The van der Waals surface area contributed by atoms with Crippen LogP contribution in [0.25, 0.3) is 0 Å². The van der Waals surface area contributed by atoms with Crippen LogP contribution in [-0.4, -0.2) is 54.4 Å². The highest BCUT2D eigenvalue weighted by atomic mass is 127. The molecular weight excluding hydrogens is 439 g/mol. The Balaban J connectivity index is 0.00000338. The first-order valence-corrected chi connectivity index (χ1v) is 8.95. The summed E-state index contributed by atoms with van der Waals surface area (Å²) in [4.78, 5) is 20.8. The van der Waals surface area contributed by atoms with Gasteiger partial charge in [0.1, 0.15) is 0 Å². The number of nitrogens with zero attached hydrogens (tertiary/aromatic N) is 3. The first kappa shape index (κ1) is 22.7. The van der Waals surface area contributed by atoms with Crippen LogP contribution in [0.3, 0.4) is 0 Å². The molecule has 0 unspecified atom stereocenters. The van der Waals surface area contributed by atoms with Gasteiger partial charge in [-0.15, -0.1) is 24.0 Å². The number of hydrogen-bond acceptors (Lipinski definition) is 2. The summed E-state index contributed by atoms with van der Waals surface area (Å²) in [6.07, 6.45) is 0.458. The van der Waals surface area contributed by atoms with Crippen LogP contribution in [0.5, 0.6) is 0 Å². The quantitative estimate of drug-likeness (QED) is 0.406. The lowest BCUT2D eigenvalue weighted by atomic mass is 9.65. The number of halogens is 1. The van der Waals surface area contributed by atoms with Gasteiger partial charge in [0.25, 0.3) is 0 Å². The van der Waals surface area contributed by atoms with Crippen LogP contribution < -0.4 is 5.32 Å². The highest BCUT2D eigenvalue weighted by Crippen LogP contribution is 2.46. The summed E-state index contributed by atoms with van der Waals surface area (Å²) >= 11 is 0. The maximum absolute atomic E-state index is 12.3. The highest BCUT2D eigenvalue weighted by Gasteiger charge is 2.53. The lowest BCUT2D eigenvalue weighted by Crippen LogP contribution is -2.72. The molecule has 146 valence electrons. The molecular formula is C20H33IN4O. The van der Waals surface area contributed by atoms with Crippen LogP contribution in [0.15, 0.2) is 35.3 Å². The summed E-state index contributed by atoms with van der Waals surface area (Å²) in [7, 11) is 3.65. The molecule has 1 aliphatic heterocycles. The van der Waals surface area contributed by atoms with Gasteiger partial charge in [0.15, 0.2) is 5.96 Å². The molecule has 1 heterocycles. The van der Waals surface area contributed by atoms with E-state index < -0.39 is 0 Å². The molecule has 0 radical (unpaired) electrons. The van der Waals surface area contributed by atoms with Gasteiger partial charge in [-0.2, -0.15) is 0 Å². The smallest absolute Gasteiger partial charge is 0.224 e. The summed E-state index contributed by atoms with van der Waals surface area (Å²) in [6, 6.07) is 10.1. The van der Waals surface area contributed by atoms with Gasteiger partial charge in [-0.1, -0.05) is 44.2 Å². The zero-order valence-corrected chi connectivity index (χ0v) is 19.2. The van der Waals surface area contributed by atoms with E-state index in [2.05, 4.69) is 42.9 Å². The summed E-state index contributed by atoms with van der Waals surface area (Å²) in [5.74, 6) is 1.01. The molecule has 6 heteroatoms. The molecule has 0 saturated carbocycles. The lowest BCUT2D eigenvalue weighted by Gasteiger charge is -2.62. The first-order chi connectivity index (χ1) is 11.7. The molecule has 5 nitrogen and oxygen atoms in total. The molecule has 0 aliphatic carbocycles. The summed E-state index contributed by atoms with van der Waals surface area (Å²) in [5.41, 5.74) is 1.46. The number of rotatable bonds is 5. The second kappa shape index (κ2) is 9.06. The molecule has 1 saturated heterocycles. The number of likely N-dealkylation sites (tertiary alicyclic amines) is 1. The van der Waals surface area contributed by atoms with Crippen LogP contribution in [0.1, 0.15) is 39.7 Å². The predicted molar refractivity (Wildman–Crippen MR) is 119 cm³/mol. The molecule has 1 amide bonds. The lowest BCUT2D eigenvalue weighted by molar-refractivity contribution is -0.130. The SMILES string of the molecule is CN=C(NCCC(=O)N(C)Cc1ccccc1)N1CC(C)(C)C1(C)C.I. The van der Waals surface area contributed by atoms with Gasteiger partial charge in [0.05, 0.1) is 0 Å². The average Bonchev–Trinajstić information content (AvgIpc) is 2.57. The van der Waals surface area contributed by atoms with Crippen LogP contribution in [0.2, 0.25) is 0 Å². The van der Waals surface area contributed by atoms with Crippen molar-refractivity contribution in [1.29, 1.82) is 0 Å². The van der Waals surface area contributed by atoms with Crippen LogP contribution in [-0.2, 0) is 11.3 Å². The van der Waals surface area contributed by atoms with E-state index in [4.69, 9.17) is 0 Å². The Bertz CT molecular complexity index is 628. The van der Waals surface area contributed by atoms with Crippen LogP contribution in [0.4, 0.5) is 0 Å². The molecule has 0 atom stereocenters. The molecule has 1 fully saturated rings. The average molecular weight is 472 g/mol. The van der Waals surface area contributed by atoms with Gasteiger partial charge in [0, 0.05) is 51.1 Å². The maximum Gasteiger partial charge on any atom is 0.224 e. The first-order valence-electron chi connectivity index (χ1n) is 8.95. The highest BCUT2D eigenvalue weighted by molar-refractivity contribution is 14.0. The van der Waals surface area contributed by atoms with Crippen molar-refractivity contribution in [2.75, 3.05) is 27.2 Å². The number of carbonyl (C=O) groups excluding carboxylic acids is 1. The topological polar surface area (TPSA) is 47.9 Å². The van der Waals surface area contributed by atoms with Crippen molar-refractivity contribution >= 4 is 35.8 Å². The Morgan fingerprint density at radius 2 is 1.85 bits per heavy atom. The molecule has 0 bridgehead atoms. The van der Waals surface area contributed by atoms with E-state index in [1.165, 1.54) is 0 Å². The third kappa shape index (κ3) is 4.90. The van der Waals surface area contributed by atoms with Gasteiger partial charge in [-0.05, 0) is 19.4 Å². The Kier molecular flexibility index (Phi) is 7.92. The molecule has 1 aromatic rings. The molecule has 1 aromatic carbocycles. The molecule has 0 spiro atoms. The van der Waals surface area contributed by atoms with E-state index in [0.717, 1.165) is 18.1 Å². The molecule has 1 N–H and O–H groups in total. The zero-order chi connectivity index (χ0) is 18.7. The maximum atomic E-state index is 12.3. The third-order valence-corrected chi connectivity index (χ3v) is 5.66. The van der Waals surface area contributed by atoms with Gasteiger partial charge < -0.3 is 15.1 Å². The number of carbonyl (C=O) groups is 1. The van der Waals surface area contributed by atoms with Crippen LogP contribution in [0, 0.1) is 5.41 Å². The largest absolute Gasteiger partial charge is 0.356 e. The van der Waals surface area contributed by atoms with E-state index >= 15 is 0 Å². The van der Waals surface area contributed by atoms with E-state index in [9.17, 15) is 4.79 Å². The van der Waals surface area contributed by atoms with Crippen molar-refractivity contribution < 1.29 is 4.79 Å². The molecule has 0 aromatic heterocycles. The predicted octanol–water partition coefficient (Wildman–Crippen LogP) is 3.35. The fourth-order valence-electron chi connectivity index (χ4n) is 3.11. The second-order valence-electron chi connectivity index (χ2n) is 7.99. The normalized spacial score (nSPS) is 17.8. The number of guanidine groups is 1. The number of nitrogens with one attached hydrogen (secondary N) is 1. The van der Waals surface area contributed by atoms with Gasteiger partial charge in [-0.3, -0.25) is 9.79 Å². The zero-order valence-electron chi connectivity index (χ0n) is 16.9. The van der Waals surface area contributed by atoms with Crippen molar-refractivity contribution in [2.45, 2.75) is 46.2 Å². The fraction of sp³-hybridized carbons (Fsp3) is 0.600. The second-order valence-corrected chi connectivity index (χ2v) is 7.99. The van der Waals surface area contributed by atoms with Crippen molar-refractivity contribution in [3.8, 4) is 0 Å². The van der Waals surface area contributed by atoms with Crippen LogP contribution >= 0.6 is 24.0 Å². The molecule has 1 aliphatic rings. The summed E-state index contributed by atoms with van der Waals surface area (Å²) in [6.45, 7) is 11.2. The van der Waals surface area contributed by atoms with Gasteiger partial charge in [-0.25, -0.2) is 0 Å². The minimum absolute atomic E-state index is 0. The Morgan fingerprint density at radius 3 is 2.35 bits per heavy atom. The fourth-order valence-corrected chi connectivity index (χ4v) is 3.11. The monoisotopic (exact) mass is 472 g/mol. The third-order valence-electron chi connectivity index (χ3n) is 5.66. The number of aliphatic imine (C=N–C) groups is 1. The Hall–Kier alpha value is -1.31. The molecule has 26 heavy (non-hydrogen) atoms. The number of benzene rings is 1. The standard InChI is InChI=1S/C20H32N4O.HI/c1-19(2)15-24(20(19,3)4)18(21-5)22-13-12-17(25)23(6)14-16-10-8-7-9-11-16;/h7-11H,12-15H2,1-6H3,(H,21,22);1H. The van der Waals surface area contributed by atoms with Gasteiger partial charge >= 0.3 is 0 Å². The minimum atomic E-state index is 0. The van der Waals surface area contributed by atoms with E-state index in [1.54, 1.807) is 11.9 Å². The van der Waals surface area contributed by atoms with Gasteiger partial charge in [0.2, 0.25) is 5.91 Å². The van der Waals surface area contributed by atoms with E-state index in [-0.39, 0.29) is 40.8 Å².